The Labute approximate surface area is 163 Å². The summed E-state index contributed by atoms with van der Waals surface area (Å²) in [5.74, 6) is 1.29. The third-order valence-electron chi connectivity index (χ3n) is 6.14. The molecule has 1 aromatic rings. The van der Waals surface area contributed by atoms with Crippen molar-refractivity contribution in [2.45, 2.75) is 46.1 Å². The molecule has 2 aliphatic heterocycles. The van der Waals surface area contributed by atoms with Gasteiger partial charge in [0.15, 0.2) is 0 Å². The van der Waals surface area contributed by atoms with Crippen molar-refractivity contribution < 1.29 is 9.59 Å². The molecule has 0 aliphatic carbocycles. The SMILES string of the molecule is Cc1ccccc1CNC(=O)CN1CCC(C(=O)N2CCC(C)CC2)CC1. The highest BCUT2D eigenvalue weighted by atomic mass is 16.2. The van der Waals surface area contributed by atoms with Gasteiger partial charge < -0.3 is 10.2 Å². The van der Waals surface area contributed by atoms with Gasteiger partial charge in [0.2, 0.25) is 11.8 Å². The van der Waals surface area contributed by atoms with E-state index in [4.69, 9.17) is 0 Å². The molecule has 148 valence electrons. The number of amides is 2. The van der Waals surface area contributed by atoms with E-state index in [9.17, 15) is 9.59 Å². The molecule has 5 nitrogen and oxygen atoms in total. The van der Waals surface area contributed by atoms with Gasteiger partial charge >= 0.3 is 0 Å². The molecule has 2 amide bonds. The predicted octanol–water partition coefficient (Wildman–Crippen LogP) is 2.58. The van der Waals surface area contributed by atoms with Crippen LogP contribution in [0.3, 0.4) is 0 Å². The average Bonchev–Trinajstić information content (AvgIpc) is 2.68. The minimum atomic E-state index is 0.0630. The van der Waals surface area contributed by atoms with Crippen LogP contribution in [0.4, 0.5) is 0 Å². The van der Waals surface area contributed by atoms with Crippen LogP contribution in [0.15, 0.2) is 24.3 Å². The Bertz CT molecular complexity index is 645. The number of nitrogens with one attached hydrogen (secondary N) is 1. The molecule has 0 atom stereocenters. The first kappa shape index (κ1) is 19.9. The summed E-state index contributed by atoms with van der Waals surface area (Å²) < 4.78 is 0. The van der Waals surface area contributed by atoms with Crippen LogP contribution in [-0.4, -0.2) is 54.3 Å². The van der Waals surface area contributed by atoms with Crippen molar-refractivity contribution in [2.75, 3.05) is 32.7 Å². The van der Waals surface area contributed by atoms with Gasteiger partial charge in [0.05, 0.1) is 6.54 Å². The maximum absolute atomic E-state index is 12.7. The monoisotopic (exact) mass is 371 g/mol. The number of hydrogen-bond donors (Lipinski definition) is 1. The molecule has 1 aromatic carbocycles. The topological polar surface area (TPSA) is 52.7 Å². The van der Waals surface area contributed by atoms with Gasteiger partial charge in [0, 0.05) is 25.6 Å². The Balaban J connectivity index is 1.38. The van der Waals surface area contributed by atoms with Crippen LogP contribution >= 0.6 is 0 Å². The van der Waals surface area contributed by atoms with Crippen molar-refractivity contribution in [3.05, 3.63) is 35.4 Å². The van der Waals surface area contributed by atoms with Gasteiger partial charge in [-0.2, -0.15) is 0 Å². The molecule has 0 aromatic heterocycles. The molecule has 3 rings (SSSR count). The zero-order chi connectivity index (χ0) is 19.2. The van der Waals surface area contributed by atoms with Crippen LogP contribution < -0.4 is 5.32 Å². The maximum Gasteiger partial charge on any atom is 0.234 e. The third-order valence-corrected chi connectivity index (χ3v) is 6.14. The molecule has 2 aliphatic rings. The van der Waals surface area contributed by atoms with Crippen LogP contribution in [0, 0.1) is 18.8 Å². The normalized spacial score (nSPS) is 19.9. The van der Waals surface area contributed by atoms with E-state index in [-0.39, 0.29) is 11.8 Å². The van der Waals surface area contributed by atoms with E-state index in [2.05, 4.69) is 35.0 Å². The van der Waals surface area contributed by atoms with Crippen molar-refractivity contribution in [2.24, 2.45) is 11.8 Å². The molecule has 27 heavy (non-hydrogen) atoms. The lowest BCUT2D eigenvalue weighted by Gasteiger charge is -2.36. The highest BCUT2D eigenvalue weighted by Gasteiger charge is 2.30. The molecule has 0 saturated carbocycles. The summed E-state index contributed by atoms with van der Waals surface area (Å²) in [7, 11) is 0. The first-order valence-electron chi connectivity index (χ1n) is 10.4. The fourth-order valence-electron chi connectivity index (χ4n) is 4.09. The number of carbonyl (C=O) groups excluding carboxylic acids is 2. The number of rotatable bonds is 5. The number of likely N-dealkylation sites (tertiary alicyclic amines) is 2. The summed E-state index contributed by atoms with van der Waals surface area (Å²) in [6.07, 6.45) is 4.00. The van der Waals surface area contributed by atoms with Gasteiger partial charge in [-0.05, 0) is 62.7 Å². The van der Waals surface area contributed by atoms with Gasteiger partial charge in [0.25, 0.3) is 0 Å². The Hall–Kier alpha value is -1.88. The fraction of sp³-hybridized carbons (Fsp3) is 0.636. The number of benzene rings is 1. The zero-order valence-electron chi connectivity index (χ0n) is 16.7. The molecular weight excluding hydrogens is 338 g/mol. The van der Waals surface area contributed by atoms with Crippen molar-refractivity contribution in [1.82, 2.24) is 15.1 Å². The van der Waals surface area contributed by atoms with Crippen LogP contribution in [-0.2, 0) is 16.1 Å². The van der Waals surface area contributed by atoms with Gasteiger partial charge in [-0.15, -0.1) is 0 Å². The summed E-state index contributed by atoms with van der Waals surface area (Å²) in [6.45, 7) is 8.83. The van der Waals surface area contributed by atoms with Crippen molar-refractivity contribution in [3.8, 4) is 0 Å². The molecule has 1 N–H and O–H groups in total. The molecule has 2 heterocycles. The predicted molar refractivity (Wildman–Crippen MR) is 107 cm³/mol. The lowest BCUT2D eigenvalue weighted by atomic mass is 9.92. The fourth-order valence-corrected chi connectivity index (χ4v) is 4.09. The quantitative estimate of drug-likeness (QED) is 0.866. The number of nitrogens with zero attached hydrogens (tertiary/aromatic N) is 2. The van der Waals surface area contributed by atoms with Crippen LogP contribution in [0.25, 0.3) is 0 Å². The molecule has 0 unspecified atom stereocenters. The van der Waals surface area contributed by atoms with E-state index in [1.165, 1.54) is 5.56 Å². The number of aryl methyl sites for hydroxylation is 1. The largest absolute Gasteiger partial charge is 0.351 e. The average molecular weight is 372 g/mol. The highest BCUT2D eigenvalue weighted by Crippen LogP contribution is 2.23. The van der Waals surface area contributed by atoms with Gasteiger partial charge in [-0.1, -0.05) is 31.2 Å². The summed E-state index contributed by atoms with van der Waals surface area (Å²) in [5, 5.41) is 3.02. The van der Waals surface area contributed by atoms with E-state index in [1.807, 2.05) is 18.2 Å². The Morgan fingerprint density at radius 3 is 2.37 bits per heavy atom. The second kappa shape index (κ2) is 9.36. The van der Waals surface area contributed by atoms with Gasteiger partial charge in [-0.25, -0.2) is 0 Å². The second-order valence-corrected chi connectivity index (χ2v) is 8.26. The number of piperidine rings is 2. The Morgan fingerprint density at radius 1 is 1.04 bits per heavy atom. The standard InChI is InChI=1S/C22H33N3O2/c1-17-7-13-25(14-8-17)22(27)19-9-11-24(12-10-19)16-21(26)23-15-20-6-4-3-5-18(20)2/h3-6,17,19H,7-16H2,1-2H3,(H,23,26). The lowest BCUT2D eigenvalue weighted by molar-refractivity contribution is -0.138. The first-order valence-corrected chi connectivity index (χ1v) is 10.4. The first-order chi connectivity index (χ1) is 13.0. The summed E-state index contributed by atoms with van der Waals surface area (Å²) in [6, 6.07) is 8.12. The van der Waals surface area contributed by atoms with E-state index in [0.29, 0.717) is 19.0 Å². The van der Waals surface area contributed by atoms with Crippen LogP contribution in [0.5, 0.6) is 0 Å². The highest BCUT2D eigenvalue weighted by molar-refractivity contribution is 5.79. The molecule has 0 radical (unpaired) electrons. The van der Waals surface area contributed by atoms with E-state index < -0.39 is 0 Å². The number of carbonyl (C=O) groups is 2. The van der Waals surface area contributed by atoms with E-state index >= 15 is 0 Å². The molecule has 2 fully saturated rings. The van der Waals surface area contributed by atoms with Crippen LogP contribution in [0.2, 0.25) is 0 Å². The Morgan fingerprint density at radius 2 is 1.70 bits per heavy atom. The second-order valence-electron chi connectivity index (χ2n) is 8.26. The van der Waals surface area contributed by atoms with Crippen molar-refractivity contribution >= 4 is 11.8 Å². The molecule has 5 heteroatoms. The van der Waals surface area contributed by atoms with E-state index in [1.54, 1.807) is 0 Å². The summed E-state index contributed by atoms with van der Waals surface area (Å²) >= 11 is 0. The minimum Gasteiger partial charge on any atom is -0.351 e. The van der Waals surface area contributed by atoms with Crippen molar-refractivity contribution in [3.63, 3.8) is 0 Å². The third kappa shape index (κ3) is 5.55. The minimum absolute atomic E-state index is 0.0630. The van der Waals surface area contributed by atoms with Crippen LogP contribution in [0.1, 0.15) is 43.7 Å². The Kier molecular flexibility index (Phi) is 6.89. The smallest absolute Gasteiger partial charge is 0.234 e. The zero-order valence-corrected chi connectivity index (χ0v) is 16.7. The molecular formula is C22H33N3O2. The maximum atomic E-state index is 12.7. The van der Waals surface area contributed by atoms with E-state index in [0.717, 1.165) is 63.3 Å². The number of hydrogen-bond acceptors (Lipinski definition) is 3. The summed E-state index contributed by atoms with van der Waals surface area (Å²) in [4.78, 5) is 29.2. The molecule has 0 spiro atoms. The van der Waals surface area contributed by atoms with Gasteiger partial charge in [-0.3, -0.25) is 14.5 Å². The molecule has 2 saturated heterocycles. The lowest BCUT2D eigenvalue weighted by Crippen LogP contribution is -2.47. The molecule has 0 bridgehead atoms. The summed E-state index contributed by atoms with van der Waals surface area (Å²) in [5.41, 5.74) is 2.36. The van der Waals surface area contributed by atoms with Gasteiger partial charge in [0.1, 0.15) is 0 Å². The van der Waals surface area contributed by atoms with Crippen molar-refractivity contribution in [1.29, 1.82) is 0 Å².